The van der Waals surface area contributed by atoms with E-state index in [1.54, 1.807) is 21.5 Å². The van der Waals surface area contributed by atoms with Crippen LogP contribution in [-0.2, 0) is 13.1 Å². The summed E-state index contributed by atoms with van der Waals surface area (Å²) in [6, 6.07) is 3.82. The third kappa shape index (κ3) is 1.98. The van der Waals surface area contributed by atoms with Crippen LogP contribution in [0.3, 0.4) is 0 Å². The fraction of sp³-hybridized carbons (Fsp3) is 0.273. The van der Waals surface area contributed by atoms with Crippen LogP contribution < -0.4 is 5.69 Å². The van der Waals surface area contributed by atoms with E-state index in [0.29, 0.717) is 13.1 Å². The maximum Gasteiger partial charge on any atom is 0.328 e. The van der Waals surface area contributed by atoms with Crippen molar-refractivity contribution >= 4 is 0 Å². The first-order valence-electron chi connectivity index (χ1n) is 4.95. The summed E-state index contributed by atoms with van der Waals surface area (Å²) in [5.41, 5.74) is 1.12. The molecule has 2 rings (SSSR count). The first-order valence-corrected chi connectivity index (χ1v) is 4.95. The number of imidazole rings is 1. The van der Waals surface area contributed by atoms with E-state index in [1.165, 1.54) is 0 Å². The van der Waals surface area contributed by atoms with Gasteiger partial charge in [0.25, 0.3) is 0 Å². The molecule has 2 heterocycles. The van der Waals surface area contributed by atoms with Gasteiger partial charge in [-0.2, -0.15) is 0 Å². The lowest BCUT2D eigenvalue weighted by Crippen LogP contribution is -2.23. The van der Waals surface area contributed by atoms with Crippen molar-refractivity contribution in [2.75, 3.05) is 0 Å². The van der Waals surface area contributed by atoms with Crippen LogP contribution in [0.5, 0.6) is 0 Å². The van der Waals surface area contributed by atoms with Gasteiger partial charge in [-0.3, -0.25) is 14.1 Å². The number of hydrogen-bond acceptors (Lipinski definition) is 2. The molecule has 0 radical (unpaired) electrons. The number of pyridine rings is 1. The van der Waals surface area contributed by atoms with Gasteiger partial charge in [-0.05, 0) is 24.6 Å². The lowest BCUT2D eigenvalue weighted by molar-refractivity contribution is 0.668. The van der Waals surface area contributed by atoms with Crippen molar-refractivity contribution in [2.24, 2.45) is 0 Å². The summed E-state index contributed by atoms with van der Waals surface area (Å²) in [6.45, 7) is 3.27. The van der Waals surface area contributed by atoms with Crippen molar-refractivity contribution in [3.05, 3.63) is 53.0 Å². The molecule has 0 fully saturated rings. The summed E-state index contributed by atoms with van der Waals surface area (Å²) < 4.78 is 3.38. The Labute approximate surface area is 87.8 Å². The molecule has 0 aliphatic rings. The molecule has 0 amide bonds. The van der Waals surface area contributed by atoms with E-state index in [2.05, 4.69) is 4.98 Å². The monoisotopic (exact) mass is 203 g/mol. The minimum absolute atomic E-state index is 0.0364. The average Bonchev–Trinajstić information content (AvgIpc) is 2.62. The van der Waals surface area contributed by atoms with E-state index in [1.807, 2.05) is 31.5 Å². The van der Waals surface area contributed by atoms with Crippen molar-refractivity contribution in [1.29, 1.82) is 0 Å². The predicted octanol–water partition coefficient (Wildman–Crippen LogP) is 1.11. The maximum absolute atomic E-state index is 11.7. The zero-order valence-corrected chi connectivity index (χ0v) is 8.63. The predicted molar refractivity (Wildman–Crippen MR) is 57.7 cm³/mol. The van der Waals surface area contributed by atoms with Crippen molar-refractivity contribution in [3.63, 3.8) is 0 Å². The van der Waals surface area contributed by atoms with Gasteiger partial charge in [-0.15, -0.1) is 0 Å². The molecule has 2 aromatic rings. The highest BCUT2D eigenvalue weighted by atomic mass is 16.1. The van der Waals surface area contributed by atoms with Gasteiger partial charge < -0.3 is 0 Å². The van der Waals surface area contributed by atoms with Crippen LogP contribution in [0.2, 0.25) is 0 Å². The second-order valence-electron chi connectivity index (χ2n) is 3.35. The van der Waals surface area contributed by atoms with Crippen LogP contribution in [0.1, 0.15) is 12.5 Å². The van der Waals surface area contributed by atoms with Gasteiger partial charge in [0.1, 0.15) is 0 Å². The van der Waals surface area contributed by atoms with Crippen molar-refractivity contribution in [2.45, 2.75) is 20.0 Å². The van der Waals surface area contributed by atoms with Gasteiger partial charge in [0, 0.05) is 31.3 Å². The molecule has 0 unspecified atom stereocenters. The SMILES string of the molecule is CCn1ccn(Cc2ccncc2)c1=O. The Bertz CT molecular complexity index is 484. The van der Waals surface area contributed by atoms with Crippen molar-refractivity contribution in [1.82, 2.24) is 14.1 Å². The van der Waals surface area contributed by atoms with Gasteiger partial charge in [0.15, 0.2) is 0 Å². The molecule has 0 saturated heterocycles. The number of aromatic nitrogens is 3. The highest BCUT2D eigenvalue weighted by molar-refractivity contribution is 5.10. The largest absolute Gasteiger partial charge is 0.328 e. The van der Waals surface area contributed by atoms with E-state index in [0.717, 1.165) is 5.56 Å². The quantitative estimate of drug-likeness (QED) is 0.749. The number of aryl methyl sites for hydroxylation is 1. The lowest BCUT2D eigenvalue weighted by Gasteiger charge is -2.00. The molecule has 0 spiro atoms. The topological polar surface area (TPSA) is 39.8 Å². The second-order valence-corrected chi connectivity index (χ2v) is 3.35. The van der Waals surface area contributed by atoms with Gasteiger partial charge in [-0.25, -0.2) is 4.79 Å². The Morgan fingerprint density at radius 3 is 2.47 bits per heavy atom. The average molecular weight is 203 g/mol. The third-order valence-corrected chi connectivity index (χ3v) is 2.36. The molecule has 78 valence electrons. The smallest absolute Gasteiger partial charge is 0.300 e. The minimum Gasteiger partial charge on any atom is -0.300 e. The fourth-order valence-corrected chi connectivity index (χ4v) is 1.50. The molecule has 4 nitrogen and oxygen atoms in total. The van der Waals surface area contributed by atoms with Crippen LogP contribution in [0, 0.1) is 0 Å². The highest BCUT2D eigenvalue weighted by Crippen LogP contribution is 1.98. The summed E-state index contributed by atoms with van der Waals surface area (Å²) in [6.07, 6.45) is 7.09. The van der Waals surface area contributed by atoms with Crippen LogP contribution >= 0.6 is 0 Å². The zero-order chi connectivity index (χ0) is 10.7. The Morgan fingerprint density at radius 2 is 1.87 bits per heavy atom. The summed E-state index contributed by atoms with van der Waals surface area (Å²) in [5, 5.41) is 0. The number of hydrogen-bond donors (Lipinski definition) is 0. The van der Waals surface area contributed by atoms with Crippen LogP contribution in [0.25, 0.3) is 0 Å². The molecule has 0 atom stereocenters. The van der Waals surface area contributed by atoms with Crippen LogP contribution in [0.4, 0.5) is 0 Å². The minimum atomic E-state index is 0.0364. The van der Waals surface area contributed by atoms with Crippen molar-refractivity contribution < 1.29 is 0 Å². The lowest BCUT2D eigenvalue weighted by atomic mass is 10.3. The normalized spacial score (nSPS) is 10.5. The Kier molecular flexibility index (Phi) is 2.67. The molecule has 2 aromatic heterocycles. The summed E-state index contributed by atoms with van der Waals surface area (Å²) in [5.74, 6) is 0. The zero-order valence-electron chi connectivity index (χ0n) is 8.63. The molecule has 15 heavy (non-hydrogen) atoms. The molecule has 4 heteroatoms. The highest BCUT2D eigenvalue weighted by Gasteiger charge is 2.01. The molecule has 0 N–H and O–H groups in total. The fourth-order valence-electron chi connectivity index (χ4n) is 1.50. The van der Waals surface area contributed by atoms with Crippen LogP contribution in [-0.4, -0.2) is 14.1 Å². The summed E-state index contributed by atoms with van der Waals surface area (Å²) in [7, 11) is 0. The summed E-state index contributed by atoms with van der Waals surface area (Å²) >= 11 is 0. The molecule has 0 saturated carbocycles. The molecule has 0 aromatic carbocycles. The molecular formula is C11H13N3O. The molecule has 0 bridgehead atoms. The Morgan fingerprint density at radius 1 is 1.20 bits per heavy atom. The second kappa shape index (κ2) is 4.13. The molecular weight excluding hydrogens is 190 g/mol. The first kappa shape index (κ1) is 9.71. The number of nitrogens with zero attached hydrogens (tertiary/aromatic N) is 3. The maximum atomic E-state index is 11.7. The van der Waals surface area contributed by atoms with Gasteiger partial charge in [0.05, 0.1) is 6.54 Å². The standard InChI is InChI=1S/C11H13N3O/c1-2-13-7-8-14(11(13)15)9-10-3-5-12-6-4-10/h3-8H,2,9H2,1H3. The van der Waals surface area contributed by atoms with E-state index >= 15 is 0 Å². The van der Waals surface area contributed by atoms with Gasteiger partial charge >= 0.3 is 5.69 Å². The van der Waals surface area contributed by atoms with Gasteiger partial charge in [-0.1, -0.05) is 0 Å². The summed E-state index contributed by atoms with van der Waals surface area (Å²) in [4.78, 5) is 15.7. The Hall–Kier alpha value is -1.84. The number of rotatable bonds is 3. The molecule has 0 aliphatic carbocycles. The van der Waals surface area contributed by atoms with E-state index in [-0.39, 0.29) is 5.69 Å². The van der Waals surface area contributed by atoms with Crippen LogP contribution in [0.15, 0.2) is 41.7 Å². The van der Waals surface area contributed by atoms with E-state index in [4.69, 9.17) is 0 Å². The third-order valence-electron chi connectivity index (χ3n) is 2.36. The first-order chi connectivity index (χ1) is 7.31. The van der Waals surface area contributed by atoms with E-state index in [9.17, 15) is 4.79 Å². The molecule has 0 aliphatic heterocycles. The van der Waals surface area contributed by atoms with Gasteiger partial charge in [0.2, 0.25) is 0 Å². The van der Waals surface area contributed by atoms with Crippen molar-refractivity contribution in [3.8, 4) is 0 Å². The van der Waals surface area contributed by atoms with E-state index < -0.39 is 0 Å². The Balaban J connectivity index is 2.26.